The quantitative estimate of drug-likeness (QED) is 0.608. The molecule has 4 heteroatoms. The lowest BCUT2D eigenvalue weighted by Crippen LogP contribution is -2.38. The zero-order valence-electron chi connectivity index (χ0n) is 17.5. The zero-order chi connectivity index (χ0) is 20.2. The monoisotopic (exact) mass is 432 g/mol. The summed E-state index contributed by atoms with van der Waals surface area (Å²) in [5.74, 6) is 0.859. The first-order valence-corrected chi connectivity index (χ1v) is 10.3. The maximum absolute atomic E-state index is 6.03. The molecule has 0 unspecified atom stereocenters. The van der Waals surface area contributed by atoms with Crippen LogP contribution in [-0.2, 0) is 13.1 Å². The van der Waals surface area contributed by atoms with Crippen LogP contribution < -0.4 is 10.5 Å². The molecule has 0 saturated heterocycles. The molecular weight excluding hydrogens is 400 g/mol. The van der Waals surface area contributed by atoms with E-state index < -0.39 is 0 Å². The molecule has 0 bridgehead atoms. The number of hydrogen-bond donors (Lipinski definition) is 1. The first-order valence-electron chi connectivity index (χ1n) is 9.47. The highest BCUT2D eigenvalue weighted by molar-refractivity contribution is 9.10. The van der Waals surface area contributed by atoms with Crippen molar-refractivity contribution in [2.75, 3.05) is 20.2 Å². The predicted octanol–water partition coefficient (Wildman–Crippen LogP) is 5.37. The van der Waals surface area contributed by atoms with Crippen LogP contribution in [0.15, 0.2) is 34.8 Å². The minimum atomic E-state index is 0.0657. The summed E-state index contributed by atoms with van der Waals surface area (Å²) in [6.45, 7) is 14.5. The van der Waals surface area contributed by atoms with E-state index in [1.165, 1.54) is 27.8 Å². The first-order chi connectivity index (χ1) is 12.6. The van der Waals surface area contributed by atoms with Crippen LogP contribution in [0.1, 0.15) is 41.7 Å². The normalized spacial score (nSPS) is 11.9. The van der Waals surface area contributed by atoms with Crippen molar-refractivity contribution in [3.05, 3.63) is 62.6 Å². The van der Waals surface area contributed by atoms with Crippen LogP contribution in [0.3, 0.4) is 0 Å². The zero-order valence-corrected chi connectivity index (χ0v) is 19.1. The second-order valence-electron chi connectivity index (χ2n) is 8.36. The fraction of sp³-hybridized carbons (Fsp3) is 0.478. The summed E-state index contributed by atoms with van der Waals surface area (Å²) in [5, 5.41) is 0. The molecule has 148 valence electrons. The van der Waals surface area contributed by atoms with E-state index in [1.54, 1.807) is 7.11 Å². The number of benzene rings is 2. The molecule has 0 aromatic heterocycles. The highest BCUT2D eigenvalue weighted by Crippen LogP contribution is 2.28. The van der Waals surface area contributed by atoms with Gasteiger partial charge in [0.25, 0.3) is 0 Å². The van der Waals surface area contributed by atoms with Crippen molar-refractivity contribution in [2.45, 2.75) is 47.7 Å². The molecule has 0 atom stereocenters. The van der Waals surface area contributed by atoms with Crippen molar-refractivity contribution in [3.8, 4) is 5.75 Å². The molecule has 0 aliphatic carbocycles. The van der Waals surface area contributed by atoms with Gasteiger partial charge in [-0.2, -0.15) is 0 Å². The number of rotatable bonds is 8. The average Bonchev–Trinajstić information content (AvgIpc) is 2.58. The summed E-state index contributed by atoms with van der Waals surface area (Å²) in [7, 11) is 1.69. The minimum Gasteiger partial charge on any atom is -0.496 e. The van der Waals surface area contributed by atoms with Crippen LogP contribution in [-0.4, -0.2) is 25.1 Å². The maximum atomic E-state index is 6.03. The lowest BCUT2D eigenvalue weighted by Gasteiger charge is -2.33. The summed E-state index contributed by atoms with van der Waals surface area (Å²) in [5.41, 5.74) is 12.8. The van der Waals surface area contributed by atoms with Gasteiger partial charge in [0.05, 0.1) is 11.6 Å². The van der Waals surface area contributed by atoms with Crippen LogP contribution in [0.2, 0.25) is 0 Å². The molecule has 0 amide bonds. The van der Waals surface area contributed by atoms with E-state index in [0.29, 0.717) is 6.54 Å². The highest BCUT2D eigenvalue weighted by atomic mass is 79.9. The van der Waals surface area contributed by atoms with Crippen molar-refractivity contribution in [1.82, 2.24) is 4.90 Å². The van der Waals surface area contributed by atoms with Gasteiger partial charge in [-0.15, -0.1) is 0 Å². The molecule has 0 fully saturated rings. The topological polar surface area (TPSA) is 38.5 Å². The molecule has 27 heavy (non-hydrogen) atoms. The van der Waals surface area contributed by atoms with E-state index in [9.17, 15) is 0 Å². The largest absolute Gasteiger partial charge is 0.496 e. The number of hydrogen-bond acceptors (Lipinski definition) is 3. The van der Waals surface area contributed by atoms with E-state index in [1.807, 2.05) is 6.07 Å². The van der Waals surface area contributed by atoms with Crippen LogP contribution in [0, 0.1) is 26.2 Å². The first kappa shape index (κ1) is 21.9. The van der Waals surface area contributed by atoms with Crippen LogP contribution in [0.5, 0.6) is 5.75 Å². The Hall–Kier alpha value is -1.36. The van der Waals surface area contributed by atoms with Gasteiger partial charge >= 0.3 is 0 Å². The smallest absolute Gasteiger partial charge is 0.133 e. The van der Waals surface area contributed by atoms with Crippen molar-refractivity contribution in [1.29, 1.82) is 0 Å². The predicted molar refractivity (Wildman–Crippen MR) is 118 cm³/mol. The molecular formula is C23H33BrN2O. The molecule has 3 nitrogen and oxygen atoms in total. The van der Waals surface area contributed by atoms with E-state index in [0.717, 1.165) is 29.9 Å². The molecule has 2 aromatic rings. The second kappa shape index (κ2) is 9.22. The van der Waals surface area contributed by atoms with E-state index >= 15 is 0 Å². The average molecular weight is 433 g/mol. The van der Waals surface area contributed by atoms with Crippen molar-refractivity contribution in [3.63, 3.8) is 0 Å². The fourth-order valence-corrected chi connectivity index (χ4v) is 4.18. The van der Waals surface area contributed by atoms with Gasteiger partial charge in [0.2, 0.25) is 0 Å². The highest BCUT2D eigenvalue weighted by Gasteiger charge is 2.22. The Balaban J connectivity index is 2.30. The summed E-state index contributed by atoms with van der Waals surface area (Å²) in [6, 6.07) is 10.9. The number of nitrogens with zero attached hydrogens (tertiary/aromatic N) is 1. The molecule has 2 rings (SSSR count). The Morgan fingerprint density at radius 3 is 2.19 bits per heavy atom. The van der Waals surface area contributed by atoms with Crippen LogP contribution >= 0.6 is 15.9 Å². The number of aryl methyl sites for hydroxylation is 3. The summed E-state index contributed by atoms with van der Waals surface area (Å²) in [4.78, 5) is 2.51. The summed E-state index contributed by atoms with van der Waals surface area (Å²) >= 11 is 3.61. The van der Waals surface area contributed by atoms with Gasteiger partial charge in [-0.3, -0.25) is 4.90 Å². The Morgan fingerprint density at radius 2 is 1.67 bits per heavy atom. The van der Waals surface area contributed by atoms with Crippen molar-refractivity contribution >= 4 is 15.9 Å². The third-order valence-electron chi connectivity index (χ3n) is 5.05. The third kappa shape index (κ3) is 6.06. The van der Waals surface area contributed by atoms with Crippen molar-refractivity contribution < 1.29 is 4.74 Å². The Morgan fingerprint density at radius 1 is 1.04 bits per heavy atom. The molecule has 0 aliphatic rings. The van der Waals surface area contributed by atoms with Crippen molar-refractivity contribution in [2.24, 2.45) is 11.1 Å². The lowest BCUT2D eigenvalue weighted by molar-refractivity contribution is 0.168. The maximum Gasteiger partial charge on any atom is 0.133 e. The van der Waals surface area contributed by atoms with Gasteiger partial charge in [0, 0.05) is 19.6 Å². The molecule has 0 radical (unpaired) electrons. The van der Waals surface area contributed by atoms with Gasteiger partial charge in [-0.05, 0) is 83.0 Å². The standard InChI is InChI=1S/C23H33BrN2O/c1-16-9-17(2)20(18(3)10-16)13-26(15-23(4,5)14-25)12-19-7-8-22(27-6)21(24)11-19/h7-11H,12-15,25H2,1-6H3. The Kier molecular flexibility index (Phi) is 7.49. The molecule has 2 N–H and O–H groups in total. The third-order valence-corrected chi connectivity index (χ3v) is 5.67. The fourth-order valence-electron chi connectivity index (χ4n) is 3.59. The molecule has 0 saturated carbocycles. The van der Waals surface area contributed by atoms with E-state index in [2.05, 4.69) is 79.7 Å². The van der Waals surface area contributed by atoms with Gasteiger partial charge in [0.15, 0.2) is 0 Å². The number of halogens is 1. The van der Waals surface area contributed by atoms with Gasteiger partial charge < -0.3 is 10.5 Å². The Labute approximate surface area is 173 Å². The van der Waals surface area contributed by atoms with E-state index in [4.69, 9.17) is 10.5 Å². The van der Waals surface area contributed by atoms with Gasteiger partial charge in [-0.25, -0.2) is 0 Å². The SMILES string of the molecule is COc1ccc(CN(Cc2c(C)cc(C)cc2C)CC(C)(C)CN)cc1Br. The minimum absolute atomic E-state index is 0.0657. The van der Waals surface area contributed by atoms with E-state index in [-0.39, 0.29) is 5.41 Å². The summed E-state index contributed by atoms with van der Waals surface area (Å²) < 4.78 is 6.35. The van der Waals surface area contributed by atoms with Crippen LogP contribution in [0.4, 0.5) is 0 Å². The molecule has 0 aliphatic heterocycles. The number of nitrogens with two attached hydrogens (primary N) is 1. The molecule has 0 spiro atoms. The van der Waals surface area contributed by atoms with Gasteiger partial charge in [0.1, 0.15) is 5.75 Å². The molecule has 0 heterocycles. The number of methoxy groups -OCH3 is 1. The number of ether oxygens (including phenoxy) is 1. The second-order valence-corrected chi connectivity index (χ2v) is 9.21. The Bertz CT molecular complexity index is 763. The van der Waals surface area contributed by atoms with Gasteiger partial charge in [-0.1, -0.05) is 37.6 Å². The lowest BCUT2D eigenvalue weighted by atomic mass is 9.92. The van der Waals surface area contributed by atoms with Crippen LogP contribution in [0.25, 0.3) is 0 Å². The summed E-state index contributed by atoms with van der Waals surface area (Å²) in [6.07, 6.45) is 0. The molecule has 2 aromatic carbocycles.